The van der Waals surface area contributed by atoms with E-state index in [0.29, 0.717) is 18.5 Å². The van der Waals surface area contributed by atoms with E-state index >= 15 is 0 Å². The summed E-state index contributed by atoms with van der Waals surface area (Å²) in [6.45, 7) is 4.51. The van der Waals surface area contributed by atoms with Crippen LogP contribution in [0.1, 0.15) is 41.3 Å². The van der Waals surface area contributed by atoms with Crippen molar-refractivity contribution in [2.75, 3.05) is 6.54 Å². The predicted octanol–water partition coefficient (Wildman–Crippen LogP) is 2.96. The molecule has 0 fully saturated rings. The number of hydrogen-bond donors (Lipinski definition) is 3. The SMILES string of the molecule is CCCCNC(=O)C(Cc1ccc(O)cc1)NC(=O)c1ccccc1C. The maximum absolute atomic E-state index is 12.6. The van der Waals surface area contributed by atoms with Crippen molar-refractivity contribution >= 4 is 11.8 Å². The summed E-state index contributed by atoms with van der Waals surface area (Å²) < 4.78 is 0. The molecule has 0 bridgehead atoms. The number of hydrogen-bond acceptors (Lipinski definition) is 3. The molecule has 0 radical (unpaired) electrons. The standard InChI is InChI=1S/C21H26N2O3/c1-3-4-13-22-21(26)19(14-16-9-11-17(24)12-10-16)23-20(25)18-8-6-5-7-15(18)2/h5-12,19,24H,3-4,13-14H2,1-2H3,(H,22,26)(H,23,25). The summed E-state index contributed by atoms with van der Waals surface area (Å²) >= 11 is 0. The number of amides is 2. The minimum atomic E-state index is -0.677. The Morgan fingerprint density at radius 3 is 2.42 bits per heavy atom. The van der Waals surface area contributed by atoms with Crippen LogP contribution >= 0.6 is 0 Å². The fourth-order valence-corrected chi connectivity index (χ4v) is 2.65. The number of aromatic hydroxyl groups is 1. The Balaban J connectivity index is 2.13. The van der Waals surface area contributed by atoms with Gasteiger partial charge in [0.2, 0.25) is 5.91 Å². The van der Waals surface area contributed by atoms with Gasteiger partial charge in [0, 0.05) is 18.5 Å². The average molecular weight is 354 g/mol. The lowest BCUT2D eigenvalue weighted by atomic mass is 10.0. The van der Waals surface area contributed by atoms with Crippen molar-refractivity contribution < 1.29 is 14.7 Å². The highest BCUT2D eigenvalue weighted by atomic mass is 16.3. The zero-order valence-corrected chi connectivity index (χ0v) is 15.3. The second-order valence-electron chi connectivity index (χ2n) is 6.36. The molecular formula is C21H26N2O3. The van der Waals surface area contributed by atoms with Gasteiger partial charge in [-0.05, 0) is 42.7 Å². The van der Waals surface area contributed by atoms with Crippen LogP contribution in [0.2, 0.25) is 0 Å². The van der Waals surface area contributed by atoms with Gasteiger partial charge in [-0.2, -0.15) is 0 Å². The van der Waals surface area contributed by atoms with E-state index < -0.39 is 6.04 Å². The number of phenols is 1. The molecule has 26 heavy (non-hydrogen) atoms. The van der Waals surface area contributed by atoms with E-state index in [0.717, 1.165) is 24.0 Å². The van der Waals surface area contributed by atoms with Crippen LogP contribution in [0, 0.1) is 6.92 Å². The maximum atomic E-state index is 12.6. The minimum absolute atomic E-state index is 0.168. The Labute approximate surface area is 154 Å². The number of carbonyl (C=O) groups excluding carboxylic acids is 2. The van der Waals surface area contributed by atoms with E-state index in [1.165, 1.54) is 0 Å². The molecule has 5 nitrogen and oxygen atoms in total. The van der Waals surface area contributed by atoms with E-state index in [2.05, 4.69) is 17.6 Å². The molecule has 138 valence electrons. The van der Waals surface area contributed by atoms with Gasteiger partial charge in [-0.15, -0.1) is 0 Å². The Morgan fingerprint density at radius 1 is 1.08 bits per heavy atom. The van der Waals surface area contributed by atoms with Gasteiger partial charge in [-0.3, -0.25) is 9.59 Å². The third-order valence-corrected chi connectivity index (χ3v) is 4.22. The molecule has 0 saturated carbocycles. The fraction of sp³-hybridized carbons (Fsp3) is 0.333. The molecule has 3 N–H and O–H groups in total. The molecule has 0 aliphatic rings. The highest BCUT2D eigenvalue weighted by Crippen LogP contribution is 2.13. The van der Waals surface area contributed by atoms with E-state index in [4.69, 9.17) is 0 Å². The third kappa shape index (κ3) is 5.62. The maximum Gasteiger partial charge on any atom is 0.252 e. The molecule has 0 heterocycles. The van der Waals surface area contributed by atoms with E-state index in [9.17, 15) is 14.7 Å². The van der Waals surface area contributed by atoms with Crippen molar-refractivity contribution in [3.63, 3.8) is 0 Å². The number of rotatable bonds is 8. The number of aryl methyl sites for hydroxylation is 1. The Hall–Kier alpha value is -2.82. The summed E-state index contributed by atoms with van der Waals surface area (Å²) in [4.78, 5) is 25.2. The van der Waals surface area contributed by atoms with Crippen LogP contribution < -0.4 is 10.6 Å². The third-order valence-electron chi connectivity index (χ3n) is 4.22. The summed E-state index contributed by atoms with van der Waals surface area (Å²) in [5.41, 5.74) is 2.29. The number of carbonyl (C=O) groups is 2. The van der Waals surface area contributed by atoms with E-state index in [1.807, 2.05) is 19.1 Å². The molecule has 2 aromatic carbocycles. The number of unbranched alkanes of at least 4 members (excludes halogenated alkanes) is 1. The summed E-state index contributed by atoms with van der Waals surface area (Å²) in [7, 11) is 0. The van der Waals surface area contributed by atoms with Gasteiger partial charge in [-0.25, -0.2) is 0 Å². The molecule has 0 saturated heterocycles. The summed E-state index contributed by atoms with van der Waals surface area (Å²) in [6, 6.07) is 13.3. The molecule has 0 aliphatic carbocycles. The van der Waals surface area contributed by atoms with Gasteiger partial charge in [-0.1, -0.05) is 43.7 Å². The van der Waals surface area contributed by atoms with Crippen molar-refractivity contribution in [1.82, 2.24) is 10.6 Å². The molecule has 2 aromatic rings. The zero-order valence-electron chi connectivity index (χ0n) is 15.3. The summed E-state index contributed by atoms with van der Waals surface area (Å²) in [5.74, 6) is -0.298. The van der Waals surface area contributed by atoms with Crippen molar-refractivity contribution in [3.05, 3.63) is 65.2 Å². The van der Waals surface area contributed by atoms with Crippen LogP contribution in [0.3, 0.4) is 0 Å². The van der Waals surface area contributed by atoms with Crippen LogP contribution in [-0.4, -0.2) is 29.5 Å². The highest BCUT2D eigenvalue weighted by Gasteiger charge is 2.22. The lowest BCUT2D eigenvalue weighted by molar-refractivity contribution is -0.122. The smallest absolute Gasteiger partial charge is 0.252 e. The molecular weight excluding hydrogens is 328 g/mol. The highest BCUT2D eigenvalue weighted by molar-refractivity contribution is 5.98. The topological polar surface area (TPSA) is 78.4 Å². The number of phenolic OH excluding ortho intramolecular Hbond substituents is 1. The molecule has 5 heteroatoms. The largest absolute Gasteiger partial charge is 0.508 e. The van der Waals surface area contributed by atoms with Crippen molar-refractivity contribution in [3.8, 4) is 5.75 Å². The quantitative estimate of drug-likeness (QED) is 0.638. The van der Waals surface area contributed by atoms with Gasteiger partial charge in [0.25, 0.3) is 5.91 Å². The van der Waals surface area contributed by atoms with Gasteiger partial charge in [0.1, 0.15) is 11.8 Å². The van der Waals surface area contributed by atoms with Crippen LogP contribution in [0.4, 0.5) is 0 Å². The second kappa shape index (κ2) is 9.61. The predicted molar refractivity (Wildman–Crippen MR) is 102 cm³/mol. The lowest BCUT2D eigenvalue weighted by Gasteiger charge is -2.19. The zero-order chi connectivity index (χ0) is 18.9. The van der Waals surface area contributed by atoms with Gasteiger partial charge in [0.05, 0.1) is 0 Å². The first kappa shape index (κ1) is 19.5. The summed E-state index contributed by atoms with van der Waals surface area (Å²) in [6.07, 6.45) is 2.23. The number of benzene rings is 2. The Morgan fingerprint density at radius 2 is 1.77 bits per heavy atom. The fourth-order valence-electron chi connectivity index (χ4n) is 2.65. The molecule has 2 rings (SSSR count). The minimum Gasteiger partial charge on any atom is -0.508 e. The molecule has 2 amide bonds. The van der Waals surface area contributed by atoms with Gasteiger partial charge < -0.3 is 15.7 Å². The van der Waals surface area contributed by atoms with Gasteiger partial charge in [0.15, 0.2) is 0 Å². The number of nitrogens with one attached hydrogen (secondary N) is 2. The second-order valence-corrected chi connectivity index (χ2v) is 6.36. The van der Waals surface area contributed by atoms with E-state index in [1.54, 1.807) is 36.4 Å². The van der Waals surface area contributed by atoms with Crippen LogP contribution in [0.25, 0.3) is 0 Å². The molecule has 1 atom stereocenters. The monoisotopic (exact) mass is 354 g/mol. The average Bonchev–Trinajstić information content (AvgIpc) is 2.63. The Kier molecular flexibility index (Phi) is 7.21. The first-order valence-corrected chi connectivity index (χ1v) is 8.93. The van der Waals surface area contributed by atoms with E-state index in [-0.39, 0.29) is 17.6 Å². The van der Waals surface area contributed by atoms with Crippen LogP contribution in [0.5, 0.6) is 5.75 Å². The molecule has 0 aromatic heterocycles. The van der Waals surface area contributed by atoms with Crippen molar-refractivity contribution in [2.45, 2.75) is 39.2 Å². The lowest BCUT2D eigenvalue weighted by Crippen LogP contribution is -2.48. The first-order chi connectivity index (χ1) is 12.5. The summed E-state index contributed by atoms with van der Waals surface area (Å²) in [5, 5.41) is 15.2. The van der Waals surface area contributed by atoms with Crippen molar-refractivity contribution in [2.24, 2.45) is 0 Å². The molecule has 1 unspecified atom stereocenters. The van der Waals surface area contributed by atoms with Gasteiger partial charge >= 0.3 is 0 Å². The first-order valence-electron chi connectivity index (χ1n) is 8.93. The van der Waals surface area contributed by atoms with Crippen LogP contribution in [0.15, 0.2) is 48.5 Å². The molecule has 0 aliphatic heterocycles. The van der Waals surface area contributed by atoms with Crippen LogP contribution in [-0.2, 0) is 11.2 Å². The Bertz CT molecular complexity index is 741. The molecule has 0 spiro atoms. The van der Waals surface area contributed by atoms with Crippen molar-refractivity contribution in [1.29, 1.82) is 0 Å². The normalized spacial score (nSPS) is 11.6.